The van der Waals surface area contributed by atoms with Crippen LogP contribution in [0.4, 0.5) is 0 Å². The van der Waals surface area contributed by atoms with E-state index in [-0.39, 0.29) is 12.2 Å². The summed E-state index contributed by atoms with van der Waals surface area (Å²) in [4.78, 5) is 25.3. The van der Waals surface area contributed by atoms with Gasteiger partial charge in [-0.3, -0.25) is 9.78 Å². The average Bonchev–Trinajstić information content (AvgIpc) is 2.63. The van der Waals surface area contributed by atoms with Crippen LogP contribution in [-0.2, 0) is 6.42 Å². The van der Waals surface area contributed by atoms with Gasteiger partial charge in [0.15, 0.2) is 17.4 Å². The van der Waals surface area contributed by atoms with E-state index in [2.05, 4.69) is 15.0 Å². The lowest BCUT2D eigenvalue weighted by atomic mass is 10.1. The van der Waals surface area contributed by atoms with Gasteiger partial charge in [-0.25, -0.2) is 9.97 Å². The zero-order chi connectivity index (χ0) is 16.1. The van der Waals surface area contributed by atoms with Crippen LogP contribution in [0, 0.1) is 0 Å². The van der Waals surface area contributed by atoms with E-state index in [1.807, 2.05) is 36.4 Å². The maximum absolute atomic E-state index is 12.4. The number of carbonyl (C=O) groups excluding carboxylic acids is 1. The van der Waals surface area contributed by atoms with Crippen LogP contribution in [0.15, 0.2) is 60.9 Å². The van der Waals surface area contributed by atoms with Crippen LogP contribution in [0.2, 0.25) is 0 Å². The molecule has 1 aromatic carbocycles. The average molecular weight is 305 g/mol. The summed E-state index contributed by atoms with van der Waals surface area (Å²) < 4.78 is 5.28. The molecule has 0 aliphatic rings. The van der Waals surface area contributed by atoms with E-state index < -0.39 is 0 Å². The lowest BCUT2D eigenvalue weighted by Gasteiger charge is -2.08. The first-order valence-electron chi connectivity index (χ1n) is 7.17. The normalized spacial score (nSPS) is 10.3. The fourth-order valence-electron chi connectivity index (χ4n) is 2.20. The van der Waals surface area contributed by atoms with E-state index >= 15 is 0 Å². The fraction of sp³-hybridized carbons (Fsp3) is 0.111. The summed E-state index contributed by atoms with van der Waals surface area (Å²) in [6, 6.07) is 14.6. The number of carbonyl (C=O) groups is 1. The van der Waals surface area contributed by atoms with Gasteiger partial charge in [0.1, 0.15) is 5.69 Å². The number of pyridine rings is 1. The Morgan fingerprint density at radius 3 is 2.52 bits per heavy atom. The molecule has 2 heterocycles. The lowest BCUT2D eigenvalue weighted by molar-refractivity contribution is 0.0991. The summed E-state index contributed by atoms with van der Waals surface area (Å²) in [5.41, 5.74) is 1.85. The van der Waals surface area contributed by atoms with E-state index in [0.29, 0.717) is 28.5 Å². The van der Waals surface area contributed by atoms with Gasteiger partial charge >= 0.3 is 0 Å². The van der Waals surface area contributed by atoms with E-state index in [1.165, 1.54) is 7.11 Å². The van der Waals surface area contributed by atoms with Crippen molar-refractivity contribution in [3.8, 4) is 17.3 Å². The Morgan fingerprint density at radius 2 is 1.83 bits per heavy atom. The smallest absolute Gasteiger partial charge is 0.178 e. The van der Waals surface area contributed by atoms with Crippen LogP contribution >= 0.6 is 0 Å². The molecule has 0 bridgehead atoms. The summed E-state index contributed by atoms with van der Waals surface area (Å²) in [5, 5.41) is 0. The van der Waals surface area contributed by atoms with Crippen LogP contribution in [0.25, 0.3) is 11.5 Å². The predicted octanol–water partition coefficient (Wildman–Crippen LogP) is 2.97. The number of hydrogen-bond donors (Lipinski definition) is 0. The van der Waals surface area contributed by atoms with Gasteiger partial charge in [0.25, 0.3) is 0 Å². The van der Waals surface area contributed by atoms with Gasteiger partial charge in [0, 0.05) is 11.8 Å². The van der Waals surface area contributed by atoms with Gasteiger partial charge in [-0.1, -0.05) is 36.4 Å². The van der Waals surface area contributed by atoms with Crippen molar-refractivity contribution in [2.75, 3.05) is 7.11 Å². The van der Waals surface area contributed by atoms with Gasteiger partial charge < -0.3 is 4.74 Å². The molecule has 0 aliphatic heterocycles. The zero-order valence-electron chi connectivity index (χ0n) is 12.6. The van der Waals surface area contributed by atoms with E-state index in [0.717, 1.165) is 0 Å². The quantitative estimate of drug-likeness (QED) is 0.678. The Hall–Kier alpha value is -3.08. The van der Waals surface area contributed by atoms with Crippen molar-refractivity contribution in [1.82, 2.24) is 15.0 Å². The topological polar surface area (TPSA) is 65.0 Å². The number of benzene rings is 1. The maximum atomic E-state index is 12.4. The maximum Gasteiger partial charge on any atom is 0.178 e. The van der Waals surface area contributed by atoms with Gasteiger partial charge in [-0.2, -0.15) is 0 Å². The van der Waals surface area contributed by atoms with Crippen LogP contribution in [0.5, 0.6) is 5.75 Å². The molecule has 5 nitrogen and oxygen atoms in total. The number of aromatic nitrogens is 3. The number of nitrogens with zero attached hydrogens (tertiary/aromatic N) is 3. The number of rotatable bonds is 5. The Morgan fingerprint density at radius 1 is 1.04 bits per heavy atom. The van der Waals surface area contributed by atoms with Crippen molar-refractivity contribution < 1.29 is 9.53 Å². The number of Topliss-reactive ketones (excluding diaryl/α,β-unsaturated/α-hetero) is 1. The Labute approximate surface area is 134 Å². The highest BCUT2D eigenvalue weighted by molar-refractivity contribution is 5.97. The van der Waals surface area contributed by atoms with E-state index in [1.54, 1.807) is 24.5 Å². The van der Waals surface area contributed by atoms with Crippen molar-refractivity contribution >= 4 is 5.78 Å². The molecule has 3 aromatic rings. The molecule has 0 aliphatic carbocycles. The van der Waals surface area contributed by atoms with Crippen molar-refractivity contribution in [1.29, 1.82) is 0 Å². The number of methoxy groups -OCH3 is 1. The molecule has 0 amide bonds. The zero-order valence-corrected chi connectivity index (χ0v) is 12.6. The summed E-state index contributed by atoms with van der Waals surface area (Å²) in [6.45, 7) is 0. The third kappa shape index (κ3) is 3.40. The molecule has 0 fully saturated rings. The Bertz CT molecular complexity index is 805. The van der Waals surface area contributed by atoms with Crippen LogP contribution < -0.4 is 4.74 Å². The van der Waals surface area contributed by atoms with Gasteiger partial charge in [-0.15, -0.1) is 0 Å². The van der Waals surface area contributed by atoms with Gasteiger partial charge in [-0.05, 0) is 12.1 Å². The fourth-order valence-corrected chi connectivity index (χ4v) is 2.20. The molecule has 0 saturated heterocycles. The molecule has 0 atom stereocenters. The van der Waals surface area contributed by atoms with Gasteiger partial charge in [0.05, 0.1) is 25.4 Å². The molecule has 5 heteroatoms. The third-order valence-corrected chi connectivity index (χ3v) is 3.37. The van der Waals surface area contributed by atoms with Crippen molar-refractivity contribution in [2.24, 2.45) is 0 Å². The lowest BCUT2D eigenvalue weighted by Crippen LogP contribution is -2.08. The van der Waals surface area contributed by atoms with E-state index in [9.17, 15) is 4.79 Å². The molecule has 0 spiro atoms. The number of ether oxygens (including phenoxy) is 1. The summed E-state index contributed by atoms with van der Waals surface area (Å²) in [6.07, 6.45) is 3.40. The summed E-state index contributed by atoms with van der Waals surface area (Å²) in [5.74, 6) is 0.950. The molecule has 0 N–H and O–H groups in total. The minimum absolute atomic E-state index is 0.0189. The standard InChI is InChI=1S/C18H15N3O2/c1-23-17-12-20-18(14-9-5-6-10-19-14)21-15(17)11-16(22)13-7-3-2-4-8-13/h2-10,12H,11H2,1H3. The SMILES string of the molecule is COc1cnc(-c2ccccn2)nc1CC(=O)c1ccccc1. The number of hydrogen-bond acceptors (Lipinski definition) is 5. The second-order valence-corrected chi connectivity index (χ2v) is 4.89. The van der Waals surface area contributed by atoms with Crippen molar-refractivity contribution in [3.63, 3.8) is 0 Å². The van der Waals surface area contributed by atoms with E-state index in [4.69, 9.17) is 4.74 Å². The highest BCUT2D eigenvalue weighted by Crippen LogP contribution is 2.20. The highest BCUT2D eigenvalue weighted by Gasteiger charge is 2.14. The number of ketones is 1. The molecule has 3 rings (SSSR count). The Kier molecular flexibility index (Phi) is 4.38. The first kappa shape index (κ1) is 14.8. The molecule has 0 radical (unpaired) electrons. The van der Waals surface area contributed by atoms with Crippen molar-refractivity contribution in [2.45, 2.75) is 6.42 Å². The van der Waals surface area contributed by atoms with Crippen LogP contribution in [0.3, 0.4) is 0 Å². The molecule has 2 aromatic heterocycles. The molecule has 114 valence electrons. The molecule has 23 heavy (non-hydrogen) atoms. The first-order valence-corrected chi connectivity index (χ1v) is 7.17. The summed E-state index contributed by atoms with van der Waals surface area (Å²) in [7, 11) is 1.54. The second-order valence-electron chi connectivity index (χ2n) is 4.89. The first-order chi connectivity index (χ1) is 11.3. The molecular formula is C18H15N3O2. The second kappa shape index (κ2) is 6.79. The largest absolute Gasteiger partial charge is 0.493 e. The molecular weight excluding hydrogens is 290 g/mol. The van der Waals surface area contributed by atoms with Crippen molar-refractivity contribution in [3.05, 3.63) is 72.2 Å². The third-order valence-electron chi connectivity index (χ3n) is 3.37. The van der Waals surface area contributed by atoms with Gasteiger partial charge in [0.2, 0.25) is 0 Å². The molecule has 0 saturated carbocycles. The molecule has 0 unspecified atom stereocenters. The van der Waals surface area contributed by atoms with Crippen LogP contribution in [-0.4, -0.2) is 27.8 Å². The summed E-state index contributed by atoms with van der Waals surface area (Å²) >= 11 is 0. The minimum atomic E-state index is -0.0189. The monoisotopic (exact) mass is 305 g/mol. The highest BCUT2D eigenvalue weighted by atomic mass is 16.5. The van der Waals surface area contributed by atoms with Crippen LogP contribution in [0.1, 0.15) is 16.1 Å². The minimum Gasteiger partial charge on any atom is -0.493 e. The predicted molar refractivity (Wildman–Crippen MR) is 86.3 cm³/mol. The Balaban J connectivity index is 1.93.